The number of likely N-dealkylation sites (tertiary alicyclic amines) is 1. The van der Waals surface area contributed by atoms with Crippen LogP contribution in [-0.4, -0.2) is 37.6 Å². The molecule has 2 aliphatic rings. The van der Waals surface area contributed by atoms with E-state index in [1.54, 1.807) is 6.07 Å². The normalized spacial score (nSPS) is 21.1. The highest BCUT2D eigenvalue weighted by Gasteiger charge is 2.25. The minimum Gasteiger partial charge on any atom is -0.369 e. The third-order valence-electron chi connectivity index (χ3n) is 5.48. The predicted octanol–water partition coefficient (Wildman–Crippen LogP) is 4.44. The van der Waals surface area contributed by atoms with Crippen LogP contribution in [0.15, 0.2) is 18.2 Å². The van der Waals surface area contributed by atoms with Crippen molar-refractivity contribution < 1.29 is 4.39 Å². The molecule has 0 unspecified atom stereocenters. The lowest BCUT2D eigenvalue weighted by molar-refractivity contribution is 0.249. The van der Waals surface area contributed by atoms with Gasteiger partial charge in [-0.25, -0.2) is 4.39 Å². The van der Waals surface area contributed by atoms with Gasteiger partial charge in [0.25, 0.3) is 0 Å². The highest BCUT2D eigenvalue weighted by Crippen LogP contribution is 2.30. The summed E-state index contributed by atoms with van der Waals surface area (Å²) in [6.45, 7) is 12.2. The highest BCUT2D eigenvalue weighted by atomic mass is 19.1. The number of nitrogens with zero attached hydrogens (tertiary/aromatic N) is 2. The largest absolute Gasteiger partial charge is 0.369 e. The summed E-state index contributed by atoms with van der Waals surface area (Å²) in [7, 11) is 0. The Bertz CT molecular complexity index is 521. The van der Waals surface area contributed by atoms with Crippen LogP contribution in [0.5, 0.6) is 0 Å². The van der Waals surface area contributed by atoms with Crippen LogP contribution in [0.1, 0.15) is 52.0 Å². The molecule has 0 atom stereocenters. The first-order valence-corrected chi connectivity index (χ1v) is 9.21. The van der Waals surface area contributed by atoms with Crippen LogP contribution in [0.25, 0.3) is 0 Å². The quantitative estimate of drug-likeness (QED) is 0.813. The topological polar surface area (TPSA) is 6.48 Å². The second-order valence-corrected chi connectivity index (χ2v) is 8.35. The van der Waals surface area contributed by atoms with Crippen molar-refractivity contribution in [3.05, 3.63) is 29.6 Å². The van der Waals surface area contributed by atoms with Gasteiger partial charge >= 0.3 is 0 Å². The van der Waals surface area contributed by atoms with Gasteiger partial charge in [0.05, 0.1) is 5.69 Å². The molecule has 0 amide bonds. The van der Waals surface area contributed by atoms with E-state index in [0.717, 1.165) is 30.3 Å². The summed E-state index contributed by atoms with van der Waals surface area (Å²) in [4.78, 5) is 4.85. The van der Waals surface area contributed by atoms with Gasteiger partial charge in [-0.1, -0.05) is 26.8 Å². The molecule has 0 spiro atoms. The van der Waals surface area contributed by atoms with Crippen molar-refractivity contribution in [2.24, 2.45) is 5.92 Å². The molecule has 0 aromatic heterocycles. The molecule has 0 bridgehead atoms. The van der Waals surface area contributed by atoms with Gasteiger partial charge in [0.1, 0.15) is 5.82 Å². The minimum absolute atomic E-state index is 0.00208. The molecule has 2 heterocycles. The molecule has 1 aromatic carbocycles. The SMILES string of the molecule is CC(C)(C)c1ccc(N2CCC(CN3CCCC3)CC2)c(F)c1. The molecule has 0 saturated carbocycles. The van der Waals surface area contributed by atoms with Crippen molar-refractivity contribution in [1.82, 2.24) is 4.90 Å². The monoisotopic (exact) mass is 318 g/mol. The van der Waals surface area contributed by atoms with Crippen LogP contribution >= 0.6 is 0 Å². The van der Waals surface area contributed by atoms with Crippen LogP contribution in [-0.2, 0) is 5.41 Å². The Kier molecular flexibility index (Phi) is 4.96. The summed E-state index contributed by atoms with van der Waals surface area (Å²) < 4.78 is 14.5. The molecular weight excluding hydrogens is 287 g/mol. The lowest BCUT2D eigenvalue weighted by Crippen LogP contribution is -2.38. The molecule has 23 heavy (non-hydrogen) atoms. The molecule has 0 N–H and O–H groups in total. The molecule has 2 nitrogen and oxygen atoms in total. The lowest BCUT2D eigenvalue weighted by Gasteiger charge is -2.35. The zero-order valence-corrected chi connectivity index (χ0v) is 14.9. The van der Waals surface area contributed by atoms with Gasteiger partial charge < -0.3 is 9.80 Å². The standard InChI is InChI=1S/C20H31FN2/c1-20(2,3)17-6-7-19(18(21)14-17)23-12-8-16(9-13-23)15-22-10-4-5-11-22/h6-7,14,16H,4-5,8-13,15H2,1-3H3. The zero-order valence-electron chi connectivity index (χ0n) is 14.9. The average molecular weight is 318 g/mol. The van der Waals surface area contributed by atoms with Crippen molar-refractivity contribution in [2.75, 3.05) is 37.6 Å². The van der Waals surface area contributed by atoms with Crippen LogP contribution in [0.2, 0.25) is 0 Å². The van der Waals surface area contributed by atoms with Gasteiger partial charge in [-0.05, 0) is 67.8 Å². The maximum Gasteiger partial charge on any atom is 0.146 e. The molecule has 3 heteroatoms. The number of hydrogen-bond donors (Lipinski definition) is 0. The van der Waals surface area contributed by atoms with Crippen molar-refractivity contribution in [2.45, 2.75) is 51.9 Å². The van der Waals surface area contributed by atoms with Gasteiger partial charge in [-0.15, -0.1) is 0 Å². The Morgan fingerprint density at radius 2 is 1.70 bits per heavy atom. The fraction of sp³-hybridized carbons (Fsp3) is 0.700. The van der Waals surface area contributed by atoms with E-state index in [1.165, 1.54) is 45.3 Å². The van der Waals surface area contributed by atoms with Crippen molar-refractivity contribution in [3.8, 4) is 0 Å². The molecule has 0 radical (unpaired) electrons. The van der Waals surface area contributed by atoms with E-state index >= 15 is 0 Å². The molecule has 128 valence electrons. The minimum atomic E-state index is -0.0598. The average Bonchev–Trinajstić information content (AvgIpc) is 3.00. The van der Waals surface area contributed by atoms with E-state index in [2.05, 4.69) is 36.6 Å². The summed E-state index contributed by atoms with van der Waals surface area (Å²) in [6.07, 6.45) is 5.11. The first-order valence-electron chi connectivity index (χ1n) is 9.21. The number of piperidine rings is 1. The number of anilines is 1. The second-order valence-electron chi connectivity index (χ2n) is 8.35. The van der Waals surface area contributed by atoms with E-state index < -0.39 is 0 Å². The fourth-order valence-corrected chi connectivity index (χ4v) is 3.92. The summed E-state index contributed by atoms with van der Waals surface area (Å²) in [6, 6.07) is 5.80. The Balaban J connectivity index is 1.59. The molecule has 3 rings (SSSR count). The first-order chi connectivity index (χ1) is 10.9. The third-order valence-corrected chi connectivity index (χ3v) is 5.48. The summed E-state index contributed by atoms with van der Waals surface area (Å²) >= 11 is 0. The van der Waals surface area contributed by atoms with E-state index in [9.17, 15) is 4.39 Å². The van der Waals surface area contributed by atoms with Gasteiger partial charge in [-0.3, -0.25) is 0 Å². The molecular formula is C20H31FN2. The molecule has 2 saturated heterocycles. The number of halogens is 1. The first kappa shape index (κ1) is 16.8. The Morgan fingerprint density at radius 3 is 2.26 bits per heavy atom. The third kappa shape index (κ3) is 4.06. The predicted molar refractivity (Wildman–Crippen MR) is 95.7 cm³/mol. The number of rotatable bonds is 3. The van der Waals surface area contributed by atoms with Crippen LogP contribution < -0.4 is 4.90 Å². The van der Waals surface area contributed by atoms with E-state index in [0.29, 0.717) is 0 Å². The molecule has 1 aromatic rings. The maximum absolute atomic E-state index is 14.5. The highest BCUT2D eigenvalue weighted by molar-refractivity contribution is 5.50. The Labute approximate surface area is 140 Å². The number of benzene rings is 1. The summed E-state index contributed by atoms with van der Waals surface area (Å²) in [5, 5.41) is 0. The fourth-order valence-electron chi connectivity index (χ4n) is 3.92. The van der Waals surface area contributed by atoms with E-state index in [4.69, 9.17) is 0 Å². The van der Waals surface area contributed by atoms with Crippen molar-refractivity contribution >= 4 is 5.69 Å². The zero-order chi connectivity index (χ0) is 16.4. The Hall–Kier alpha value is -1.09. The molecule has 0 aliphatic carbocycles. The lowest BCUT2D eigenvalue weighted by atomic mass is 9.86. The van der Waals surface area contributed by atoms with E-state index in [-0.39, 0.29) is 11.2 Å². The van der Waals surface area contributed by atoms with Gasteiger partial charge in [0, 0.05) is 19.6 Å². The molecule has 2 aliphatic heterocycles. The van der Waals surface area contributed by atoms with Crippen molar-refractivity contribution in [1.29, 1.82) is 0 Å². The Morgan fingerprint density at radius 1 is 1.04 bits per heavy atom. The summed E-state index contributed by atoms with van der Waals surface area (Å²) in [5.74, 6) is 0.733. The van der Waals surface area contributed by atoms with E-state index in [1.807, 2.05) is 6.07 Å². The summed E-state index contributed by atoms with van der Waals surface area (Å²) in [5.41, 5.74) is 1.86. The van der Waals surface area contributed by atoms with Crippen LogP contribution in [0, 0.1) is 11.7 Å². The number of hydrogen-bond acceptors (Lipinski definition) is 2. The maximum atomic E-state index is 14.5. The molecule has 2 fully saturated rings. The van der Waals surface area contributed by atoms with Crippen LogP contribution in [0.3, 0.4) is 0 Å². The second kappa shape index (κ2) is 6.80. The van der Waals surface area contributed by atoms with Gasteiger partial charge in [0.15, 0.2) is 0 Å². The van der Waals surface area contributed by atoms with Crippen LogP contribution in [0.4, 0.5) is 10.1 Å². The van der Waals surface area contributed by atoms with Crippen molar-refractivity contribution in [3.63, 3.8) is 0 Å². The van der Waals surface area contributed by atoms with Gasteiger partial charge in [0.2, 0.25) is 0 Å². The van der Waals surface area contributed by atoms with Gasteiger partial charge in [-0.2, -0.15) is 0 Å². The smallest absolute Gasteiger partial charge is 0.146 e.